The fraction of sp³-hybridized carbons (Fsp3) is 0.200. The van der Waals surface area contributed by atoms with Crippen molar-refractivity contribution in [3.63, 3.8) is 0 Å². The minimum Gasteiger partial charge on any atom is -0.225 e. The van der Waals surface area contributed by atoms with Gasteiger partial charge in [0.25, 0.3) is 0 Å². The Morgan fingerprint density at radius 2 is 1.85 bits per heavy atom. The van der Waals surface area contributed by atoms with Gasteiger partial charge in [0.1, 0.15) is 0 Å². The van der Waals surface area contributed by atoms with Crippen molar-refractivity contribution in [2.75, 3.05) is 0 Å². The van der Waals surface area contributed by atoms with E-state index >= 15 is 0 Å². The zero-order valence-electron chi connectivity index (χ0n) is 11.1. The molecule has 0 fully saturated rings. The maximum atomic E-state index is 11.4. The monoisotopic (exact) mass is 353 g/mol. The number of benzene rings is 2. The van der Waals surface area contributed by atoms with E-state index in [1.807, 2.05) is 19.1 Å². The molecule has 0 aromatic heterocycles. The molecule has 0 heterocycles. The maximum absolute atomic E-state index is 11.4. The Kier molecular flexibility index (Phi) is 4.62. The van der Waals surface area contributed by atoms with Crippen LogP contribution >= 0.6 is 15.9 Å². The Hall–Kier alpha value is -1.17. The molecule has 2 rings (SSSR count). The Bertz CT molecular complexity index is 726. The highest BCUT2D eigenvalue weighted by Gasteiger charge is 2.10. The van der Waals surface area contributed by atoms with Crippen molar-refractivity contribution in [3.05, 3.63) is 63.6 Å². The van der Waals surface area contributed by atoms with Crippen LogP contribution in [0.1, 0.15) is 16.7 Å². The van der Waals surface area contributed by atoms with E-state index in [1.165, 1.54) is 5.56 Å². The first kappa shape index (κ1) is 15.2. The molecule has 2 N–H and O–H groups in total. The second-order valence-electron chi connectivity index (χ2n) is 4.76. The summed E-state index contributed by atoms with van der Waals surface area (Å²) in [6.45, 7) is 1.98. The van der Waals surface area contributed by atoms with Gasteiger partial charge in [0.2, 0.25) is 10.0 Å². The van der Waals surface area contributed by atoms with Crippen LogP contribution in [0, 0.1) is 6.92 Å². The minimum atomic E-state index is -3.64. The van der Waals surface area contributed by atoms with Crippen LogP contribution < -0.4 is 5.14 Å². The van der Waals surface area contributed by atoms with Gasteiger partial charge in [0.15, 0.2) is 0 Å². The number of sulfonamides is 1. The van der Waals surface area contributed by atoms with Crippen LogP contribution in [0.5, 0.6) is 0 Å². The van der Waals surface area contributed by atoms with E-state index in [0.29, 0.717) is 0 Å². The Labute approximate surface area is 128 Å². The molecule has 106 valence electrons. The average Bonchev–Trinajstić information content (AvgIpc) is 2.36. The summed E-state index contributed by atoms with van der Waals surface area (Å²) >= 11 is 3.44. The summed E-state index contributed by atoms with van der Waals surface area (Å²) in [5, 5.41) is 5.17. The summed E-state index contributed by atoms with van der Waals surface area (Å²) in [4.78, 5) is 0.173. The van der Waals surface area contributed by atoms with Crippen LogP contribution in [-0.4, -0.2) is 8.42 Å². The van der Waals surface area contributed by atoms with E-state index in [4.69, 9.17) is 5.14 Å². The van der Waals surface area contributed by atoms with Crippen molar-refractivity contribution in [1.29, 1.82) is 0 Å². The van der Waals surface area contributed by atoms with Crippen molar-refractivity contribution in [1.82, 2.24) is 0 Å². The van der Waals surface area contributed by atoms with E-state index in [2.05, 4.69) is 28.1 Å². The van der Waals surface area contributed by atoms with Crippen molar-refractivity contribution < 1.29 is 8.42 Å². The van der Waals surface area contributed by atoms with Crippen LogP contribution in [0.25, 0.3) is 0 Å². The second kappa shape index (κ2) is 6.08. The van der Waals surface area contributed by atoms with Crippen molar-refractivity contribution in [3.8, 4) is 0 Å². The predicted octanol–water partition coefficient (Wildman–Crippen LogP) is 3.19. The average molecular weight is 354 g/mol. The fourth-order valence-electron chi connectivity index (χ4n) is 2.07. The third kappa shape index (κ3) is 3.91. The summed E-state index contributed by atoms with van der Waals surface area (Å²) in [7, 11) is -3.64. The van der Waals surface area contributed by atoms with E-state index < -0.39 is 10.0 Å². The standard InChI is InChI=1S/C15H16BrNO2S/c1-11-5-8-15(20(17,18)19)10-13(11)7-6-12-3-2-4-14(16)9-12/h2-5,8-10H,6-7H2,1H3,(H2,17,18,19). The zero-order chi connectivity index (χ0) is 14.8. The SMILES string of the molecule is Cc1ccc(S(N)(=O)=O)cc1CCc1cccc(Br)c1. The number of nitrogens with two attached hydrogens (primary N) is 1. The Morgan fingerprint density at radius 3 is 2.50 bits per heavy atom. The third-order valence-corrected chi connectivity index (χ3v) is 4.63. The van der Waals surface area contributed by atoms with Gasteiger partial charge in [-0.25, -0.2) is 13.6 Å². The molecule has 0 atom stereocenters. The van der Waals surface area contributed by atoms with Gasteiger partial charge in [-0.15, -0.1) is 0 Å². The lowest BCUT2D eigenvalue weighted by Gasteiger charge is -2.08. The topological polar surface area (TPSA) is 60.2 Å². The molecule has 5 heteroatoms. The van der Waals surface area contributed by atoms with Crippen LogP contribution in [0.15, 0.2) is 51.8 Å². The summed E-state index contributed by atoms with van der Waals surface area (Å²) in [6, 6.07) is 13.1. The first-order valence-electron chi connectivity index (χ1n) is 6.23. The van der Waals surface area contributed by atoms with Crippen LogP contribution in [0.4, 0.5) is 0 Å². The van der Waals surface area contributed by atoms with Gasteiger partial charge in [0, 0.05) is 4.47 Å². The van der Waals surface area contributed by atoms with Crippen LogP contribution in [-0.2, 0) is 22.9 Å². The summed E-state index contributed by atoms with van der Waals surface area (Å²) in [6.07, 6.45) is 1.64. The molecule has 3 nitrogen and oxygen atoms in total. The molecule has 0 aliphatic carbocycles. The van der Waals surface area contributed by atoms with Crippen molar-refractivity contribution in [2.45, 2.75) is 24.7 Å². The largest absolute Gasteiger partial charge is 0.238 e. The highest BCUT2D eigenvalue weighted by Crippen LogP contribution is 2.18. The van der Waals surface area contributed by atoms with Gasteiger partial charge in [-0.2, -0.15) is 0 Å². The molecule has 0 spiro atoms. The lowest BCUT2D eigenvalue weighted by molar-refractivity contribution is 0.597. The van der Waals surface area contributed by atoms with E-state index in [9.17, 15) is 8.42 Å². The van der Waals surface area contributed by atoms with E-state index in [0.717, 1.165) is 28.4 Å². The van der Waals surface area contributed by atoms with E-state index in [1.54, 1.807) is 18.2 Å². The molecule has 0 aliphatic rings. The smallest absolute Gasteiger partial charge is 0.225 e. The summed E-state index contributed by atoms with van der Waals surface area (Å²) in [5.41, 5.74) is 3.30. The number of rotatable bonds is 4. The van der Waals surface area contributed by atoms with Crippen LogP contribution in [0.3, 0.4) is 0 Å². The maximum Gasteiger partial charge on any atom is 0.238 e. The highest BCUT2D eigenvalue weighted by atomic mass is 79.9. The molecule has 0 bridgehead atoms. The predicted molar refractivity (Wildman–Crippen MR) is 84.1 cm³/mol. The first-order chi connectivity index (χ1) is 9.36. The third-order valence-electron chi connectivity index (χ3n) is 3.22. The zero-order valence-corrected chi connectivity index (χ0v) is 13.5. The molecule has 20 heavy (non-hydrogen) atoms. The quantitative estimate of drug-likeness (QED) is 0.917. The molecular weight excluding hydrogens is 338 g/mol. The molecule has 0 amide bonds. The van der Waals surface area contributed by atoms with Gasteiger partial charge in [-0.1, -0.05) is 34.1 Å². The molecule has 0 unspecified atom stereocenters. The van der Waals surface area contributed by atoms with Crippen LogP contribution in [0.2, 0.25) is 0 Å². The van der Waals surface area contributed by atoms with Gasteiger partial charge in [-0.3, -0.25) is 0 Å². The number of primary sulfonamides is 1. The van der Waals surface area contributed by atoms with Gasteiger partial charge in [-0.05, 0) is 60.7 Å². The summed E-state index contributed by atoms with van der Waals surface area (Å²) in [5.74, 6) is 0. The van der Waals surface area contributed by atoms with Gasteiger partial charge >= 0.3 is 0 Å². The molecule has 0 saturated heterocycles. The number of hydrogen-bond acceptors (Lipinski definition) is 2. The Balaban J connectivity index is 2.21. The highest BCUT2D eigenvalue weighted by molar-refractivity contribution is 9.10. The molecule has 2 aromatic carbocycles. The van der Waals surface area contributed by atoms with Crippen molar-refractivity contribution in [2.24, 2.45) is 5.14 Å². The molecule has 0 saturated carbocycles. The lowest BCUT2D eigenvalue weighted by Crippen LogP contribution is -2.12. The molecular formula is C15H16BrNO2S. The minimum absolute atomic E-state index is 0.173. The second-order valence-corrected chi connectivity index (χ2v) is 7.24. The normalized spacial score (nSPS) is 11.6. The van der Waals surface area contributed by atoms with Gasteiger partial charge in [0.05, 0.1) is 4.90 Å². The first-order valence-corrected chi connectivity index (χ1v) is 8.57. The lowest BCUT2D eigenvalue weighted by atomic mass is 10.0. The number of hydrogen-bond donors (Lipinski definition) is 1. The molecule has 2 aromatic rings. The van der Waals surface area contributed by atoms with E-state index in [-0.39, 0.29) is 4.90 Å². The molecule has 0 radical (unpaired) electrons. The Morgan fingerprint density at radius 1 is 1.10 bits per heavy atom. The number of halogens is 1. The molecule has 0 aliphatic heterocycles. The fourth-order valence-corrected chi connectivity index (χ4v) is 3.08. The number of aryl methyl sites for hydroxylation is 3. The summed E-state index contributed by atoms with van der Waals surface area (Å²) < 4.78 is 23.8. The van der Waals surface area contributed by atoms with Gasteiger partial charge < -0.3 is 0 Å². The van der Waals surface area contributed by atoms with Crippen molar-refractivity contribution >= 4 is 26.0 Å².